The number of nitrogens with zero attached hydrogens (tertiary/aromatic N) is 2. The molecule has 4 rings (SSSR count). The number of hydrogen-bond donors (Lipinski definition) is 2. The van der Waals surface area contributed by atoms with Crippen molar-refractivity contribution in [2.75, 3.05) is 19.5 Å². The normalized spacial score (nSPS) is 15.7. The van der Waals surface area contributed by atoms with Gasteiger partial charge in [-0.05, 0) is 53.6 Å². The van der Waals surface area contributed by atoms with E-state index in [1.165, 1.54) is 17.9 Å². The summed E-state index contributed by atoms with van der Waals surface area (Å²) in [6.45, 7) is 2.57. The van der Waals surface area contributed by atoms with Gasteiger partial charge in [0.1, 0.15) is 11.8 Å². The quantitative estimate of drug-likeness (QED) is 0.527. The molecule has 1 atom stereocenters. The van der Waals surface area contributed by atoms with Gasteiger partial charge in [0.2, 0.25) is 0 Å². The van der Waals surface area contributed by atoms with Gasteiger partial charge in [-0.3, -0.25) is 14.6 Å². The number of rotatable bonds is 7. The number of halogens is 1. The second-order valence-electron chi connectivity index (χ2n) is 7.44. The molecule has 1 amide bonds. The van der Waals surface area contributed by atoms with E-state index in [0.29, 0.717) is 17.0 Å². The first kappa shape index (κ1) is 24.4. The third-order valence-corrected chi connectivity index (χ3v) is 5.34. The van der Waals surface area contributed by atoms with Gasteiger partial charge < -0.3 is 15.5 Å². The molecule has 2 aromatic carbocycles. The molecule has 0 saturated heterocycles. The van der Waals surface area contributed by atoms with Crippen molar-refractivity contribution in [3.8, 4) is 11.1 Å². The molecule has 7 nitrogen and oxygen atoms in total. The second kappa shape index (κ2) is 11.1. The minimum Gasteiger partial charge on any atom is -0.384 e. The summed E-state index contributed by atoms with van der Waals surface area (Å²) in [5.74, 6) is 0.219. The fraction of sp³-hybridized carbons (Fsp3) is 0.200. The largest absolute Gasteiger partial charge is 0.384 e. The van der Waals surface area contributed by atoms with E-state index in [4.69, 9.17) is 9.68 Å². The highest BCUT2D eigenvalue weighted by Crippen LogP contribution is 2.42. The first-order chi connectivity index (χ1) is 15.6. The molecule has 172 valence electrons. The lowest BCUT2D eigenvalue weighted by Gasteiger charge is -2.24. The van der Waals surface area contributed by atoms with E-state index >= 15 is 0 Å². The maximum absolute atomic E-state index is 13.3. The summed E-state index contributed by atoms with van der Waals surface area (Å²) in [5.41, 5.74) is 5.25. The van der Waals surface area contributed by atoms with Crippen molar-refractivity contribution in [2.24, 2.45) is 0 Å². The van der Waals surface area contributed by atoms with Crippen LogP contribution in [0.3, 0.4) is 0 Å². The molecule has 1 aliphatic rings. The zero-order chi connectivity index (χ0) is 22.5. The van der Waals surface area contributed by atoms with Crippen LogP contribution in [0.4, 0.5) is 5.69 Å². The Hall–Kier alpha value is -3.23. The van der Waals surface area contributed by atoms with Crippen molar-refractivity contribution in [3.05, 3.63) is 95.5 Å². The van der Waals surface area contributed by atoms with Gasteiger partial charge in [-0.1, -0.05) is 48.5 Å². The molecule has 0 aliphatic carbocycles. The van der Waals surface area contributed by atoms with Gasteiger partial charge >= 0.3 is 0 Å². The molecular weight excluding hydrogens is 440 g/mol. The summed E-state index contributed by atoms with van der Waals surface area (Å²) < 4.78 is 0. The molecule has 0 spiro atoms. The summed E-state index contributed by atoms with van der Waals surface area (Å²) in [7, 11) is 3.45. The van der Waals surface area contributed by atoms with Crippen molar-refractivity contribution >= 4 is 24.0 Å². The average Bonchev–Trinajstić information content (AvgIpc) is 3.16. The fourth-order valence-corrected chi connectivity index (χ4v) is 3.87. The Balaban J connectivity index is 0.00000306. The van der Waals surface area contributed by atoms with Crippen LogP contribution in [0.15, 0.2) is 84.4 Å². The van der Waals surface area contributed by atoms with Crippen molar-refractivity contribution in [3.63, 3.8) is 0 Å². The van der Waals surface area contributed by atoms with Crippen molar-refractivity contribution in [1.29, 1.82) is 0 Å². The monoisotopic (exact) mass is 466 g/mol. The van der Waals surface area contributed by atoms with Crippen LogP contribution in [0.2, 0.25) is 0 Å². The number of pyridine rings is 1. The molecule has 0 saturated carbocycles. The number of amides is 1. The lowest BCUT2D eigenvalue weighted by molar-refractivity contribution is -0.339. The molecule has 1 unspecified atom stereocenters. The number of benzene rings is 2. The molecule has 1 aliphatic heterocycles. The van der Waals surface area contributed by atoms with Gasteiger partial charge in [-0.2, -0.15) is 0 Å². The minimum absolute atomic E-state index is 0. The fourth-order valence-electron chi connectivity index (χ4n) is 3.87. The third-order valence-electron chi connectivity index (χ3n) is 5.34. The number of nitrogens with one attached hydrogen (secondary N) is 2. The van der Waals surface area contributed by atoms with Crippen molar-refractivity contribution in [2.45, 2.75) is 19.5 Å². The highest BCUT2D eigenvalue weighted by atomic mass is 35.5. The van der Waals surface area contributed by atoms with Crippen LogP contribution in [0.5, 0.6) is 0 Å². The van der Waals surface area contributed by atoms with Crippen LogP contribution >= 0.6 is 12.4 Å². The topological polar surface area (TPSA) is 75.7 Å². The zero-order valence-corrected chi connectivity index (χ0v) is 19.6. The summed E-state index contributed by atoms with van der Waals surface area (Å²) in [6, 6.07) is 19.4. The van der Waals surface area contributed by atoms with Gasteiger partial charge in [0.15, 0.2) is 0 Å². The standard InChI is InChI=1S/C25H26N4O3.ClH/c1-17-23(25(30)28-20-7-6-14-27-16-20)24(29(31-3)32-17)22-9-5-4-8-21(22)19-12-10-18(11-13-19)15-26-2;/h4-14,16,24,26H,15H2,1-3H3,(H,28,30);1H. The van der Waals surface area contributed by atoms with Crippen LogP contribution < -0.4 is 10.6 Å². The molecule has 0 fully saturated rings. The summed E-state index contributed by atoms with van der Waals surface area (Å²) in [5, 5.41) is 7.43. The van der Waals surface area contributed by atoms with E-state index in [1.54, 1.807) is 31.5 Å². The van der Waals surface area contributed by atoms with Gasteiger partial charge in [0.05, 0.1) is 24.6 Å². The maximum Gasteiger partial charge on any atom is 0.257 e. The SMILES string of the molecule is CNCc1ccc(-c2ccccc2C2C(C(=O)Nc3cccnc3)=C(C)ON2OC)cc1.Cl. The van der Waals surface area contributed by atoms with Gasteiger partial charge in [0.25, 0.3) is 5.91 Å². The molecule has 0 bridgehead atoms. The molecule has 1 aromatic heterocycles. The Morgan fingerprint density at radius 2 is 1.88 bits per heavy atom. The Morgan fingerprint density at radius 3 is 2.55 bits per heavy atom. The molecule has 2 N–H and O–H groups in total. The van der Waals surface area contributed by atoms with E-state index in [-0.39, 0.29) is 18.3 Å². The van der Waals surface area contributed by atoms with Crippen LogP contribution in [0, 0.1) is 0 Å². The van der Waals surface area contributed by atoms with E-state index in [0.717, 1.165) is 23.2 Å². The number of carbonyl (C=O) groups excluding carboxylic acids is 1. The van der Waals surface area contributed by atoms with Gasteiger partial charge in [-0.25, -0.2) is 0 Å². The minimum atomic E-state index is -0.537. The van der Waals surface area contributed by atoms with Gasteiger partial charge in [0, 0.05) is 12.7 Å². The maximum atomic E-state index is 13.3. The van der Waals surface area contributed by atoms with E-state index in [9.17, 15) is 4.79 Å². The van der Waals surface area contributed by atoms with Crippen molar-refractivity contribution in [1.82, 2.24) is 15.5 Å². The molecule has 2 heterocycles. The molecule has 8 heteroatoms. The van der Waals surface area contributed by atoms with Crippen LogP contribution in [-0.4, -0.2) is 30.3 Å². The van der Waals surface area contributed by atoms with E-state index in [1.807, 2.05) is 31.3 Å². The smallest absolute Gasteiger partial charge is 0.257 e. The lowest BCUT2D eigenvalue weighted by Crippen LogP contribution is -2.27. The predicted octanol–water partition coefficient (Wildman–Crippen LogP) is 4.65. The second-order valence-corrected chi connectivity index (χ2v) is 7.44. The Bertz CT molecular complexity index is 1120. The lowest BCUT2D eigenvalue weighted by atomic mass is 9.90. The number of allylic oxidation sites excluding steroid dienone is 1. The molecular formula is C25H27ClN4O3. The summed E-state index contributed by atoms with van der Waals surface area (Å²) >= 11 is 0. The Labute approximate surface area is 199 Å². The molecule has 33 heavy (non-hydrogen) atoms. The van der Waals surface area contributed by atoms with Crippen LogP contribution in [0.1, 0.15) is 24.1 Å². The summed E-state index contributed by atoms with van der Waals surface area (Å²) in [6.07, 6.45) is 3.26. The van der Waals surface area contributed by atoms with Crippen LogP contribution in [-0.2, 0) is 21.0 Å². The number of hydrogen-bond acceptors (Lipinski definition) is 6. The van der Waals surface area contributed by atoms with Crippen LogP contribution in [0.25, 0.3) is 11.1 Å². The summed E-state index contributed by atoms with van der Waals surface area (Å²) in [4.78, 5) is 28.6. The number of aromatic nitrogens is 1. The Kier molecular flexibility index (Phi) is 8.19. The zero-order valence-electron chi connectivity index (χ0n) is 18.7. The number of hydroxylamine groups is 2. The third kappa shape index (κ3) is 5.23. The number of carbonyl (C=O) groups is 1. The highest BCUT2D eigenvalue weighted by molar-refractivity contribution is 6.05. The van der Waals surface area contributed by atoms with Crippen molar-refractivity contribution < 1.29 is 14.5 Å². The van der Waals surface area contributed by atoms with E-state index < -0.39 is 6.04 Å². The highest BCUT2D eigenvalue weighted by Gasteiger charge is 2.40. The van der Waals surface area contributed by atoms with E-state index in [2.05, 4.69) is 39.9 Å². The Morgan fingerprint density at radius 1 is 1.12 bits per heavy atom. The first-order valence-electron chi connectivity index (χ1n) is 10.4. The predicted molar refractivity (Wildman–Crippen MR) is 130 cm³/mol. The number of anilines is 1. The molecule has 0 radical (unpaired) electrons. The average molecular weight is 467 g/mol. The first-order valence-corrected chi connectivity index (χ1v) is 10.4. The van der Waals surface area contributed by atoms with Gasteiger partial charge in [-0.15, -0.1) is 12.4 Å². The molecule has 3 aromatic rings.